The van der Waals surface area contributed by atoms with Crippen LogP contribution in [0.4, 0.5) is 16.6 Å². The van der Waals surface area contributed by atoms with E-state index in [-0.39, 0.29) is 17.7 Å². The lowest BCUT2D eigenvalue weighted by atomic mass is 9.91. The predicted molar refractivity (Wildman–Crippen MR) is 202 cm³/mol. The average Bonchev–Trinajstić information content (AvgIpc) is 3.69. The number of piperazine rings is 1. The first kappa shape index (κ1) is 33.4. The summed E-state index contributed by atoms with van der Waals surface area (Å²) in [6, 6.07) is 14.5. The highest BCUT2D eigenvalue weighted by atomic mass is 32.1. The molecule has 2 amide bonds. The second kappa shape index (κ2) is 14.2. The third kappa shape index (κ3) is 7.04. The lowest BCUT2D eigenvalue weighted by Crippen LogP contribution is -2.49. The van der Waals surface area contributed by atoms with Gasteiger partial charge in [0.05, 0.1) is 40.1 Å². The normalized spacial score (nSPS) is 20.1. The maximum atomic E-state index is 12.3. The smallest absolute Gasteiger partial charge is 0.234 e. The van der Waals surface area contributed by atoms with Gasteiger partial charge in [-0.1, -0.05) is 17.4 Å². The summed E-state index contributed by atoms with van der Waals surface area (Å²) in [5.41, 5.74) is 5.88. The molecule has 14 nitrogen and oxygen atoms in total. The van der Waals surface area contributed by atoms with Crippen molar-refractivity contribution in [1.29, 1.82) is 5.26 Å². The van der Waals surface area contributed by atoms with Gasteiger partial charge in [0.25, 0.3) is 0 Å². The summed E-state index contributed by atoms with van der Waals surface area (Å²) in [6.45, 7) is 6.88. The van der Waals surface area contributed by atoms with Gasteiger partial charge in [-0.25, -0.2) is 9.50 Å². The van der Waals surface area contributed by atoms with Gasteiger partial charge in [-0.3, -0.25) is 24.8 Å². The van der Waals surface area contributed by atoms with Crippen molar-refractivity contribution < 1.29 is 9.59 Å². The lowest BCUT2D eigenvalue weighted by molar-refractivity contribution is -0.134. The fraction of sp³-hybridized carbons (Fsp3) is 0.421. The zero-order chi connectivity index (χ0) is 35.9. The molecule has 53 heavy (non-hydrogen) atoms. The van der Waals surface area contributed by atoms with Crippen LogP contribution in [0.15, 0.2) is 55.0 Å². The molecule has 15 heteroatoms. The van der Waals surface area contributed by atoms with Gasteiger partial charge in [-0.15, -0.1) is 10.2 Å². The number of imide groups is 1. The first-order valence-corrected chi connectivity index (χ1v) is 19.3. The van der Waals surface area contributed by atoms with Crippen molar-refractivity contribution in [3.05, 3.63) is 66.1 Å². The maximum absolute atomic E-state index is 12.3. The molecular formula is C38H40N12O2S. The molecule has 0 spiro atoms. The molecule has 1 aliphatic carbocycles. The summed E-state index contributed by atoms with van der Waals surface area (Å²) in [5, 5.41) is 31.0. The topological polar surface area (TPSA) is 161 Å². The van der Waals surface area contributed by atoms with Crippen molar-refractivity contribution in [2.75, 3.05) is 60.9 Å². The third-order valence-electron chi connectivity index (χ3n) is 10.9. The van der Waals surface area contributed by atoms with Gasteiger partial charge in [-0.05, 0) is 73.9 Å². The Labute approximate surface area is 310 Å². The number of carbonyl (C=O) groups is 2. The molecule has 5 aromatic rings. The standard InChI is InChI=1S/C38H40N12O2S/c39-19-25-17-28-4-6-33(50(28)42-20-25)32-18-31(43-27-2-3-27)30(22-40-32)37-45-46-38(53-37)49-15-13-47(14-16-49)23-24-9-11-48(12-10-24)34-7-1-26(21-41-34)29-5-8-35(51)44-36(29)52/h1,4,6-7,17-18,20-22,24,27,29H,2-3,5,8-16,23H2,(H,40,43)(H,44,51,52)/t29-/m1/s1. The van der Waals surface area contributed by atoms with E-state index in [0.717, 1.165) is 121 Å². The zero-order valence-electron chi connectivity index (χ0n) is 29.3. The van der Waals surface area contributed by atoms with Crippen LogP contribution in [0.25, 0.3) is 27.5 Å². The number of pyridine rings is 2. The van der Waals surface area contributed by atoms with Crippen LogP contribution in [0, 0.1) is 17.2 Å². The molecule has 0 unspecified atom stereocenters. The minimum absolute atomic E-state index is 0.196. The van der Waals surface area contributed by atoms with Crippen LogP contribution in [0.5, 0.6) is 0 Å². The highest BCUT2D eigenvalue weighted by molar-refractivity contribution is 7.18. The number of nitrogens with one attached hydrogen (secondary N) is 2. The lowest BCUT2D eigenvalue weighted by Gasteiger charge is -2.39. The van der Waals surface area contributed by atoms with Gasteiger partial charge in [0.1, 0.15) is 11.9 Å². The van der Waals surface area contributed by atoms with Crippen LogP contribution in [-0.4, -0.2) is 98.3 Å². The van der Waals surface area contributed by atoms with Crippen LogP contribution >= 0.6 is 11.3 Å². The molecule has 8 heterocycles. The number of hydrogen-bond donors (Lipinski definition) is 2. The highest BCUT2D eigenvalue weighted by Crippen LogP contribution is 2.38. The summed E-state index contributed by atoms with van der Waals surface area (Å²) >= 11 is 1.62. The Balaban J connectivity index is 0.792. The Kier molecular flexibility index (Phi) is 8.92. The van der Waals surface area contributed by atoms with E-state index in [1.807, 2.05) is 41.0 Å². The quantitative estimate of drug-likeness (QED) is 0.207. The van der Waals surface area contributed by atoms with E-state index in [2.05, 4.69) is 52.8 Å². The number of nitriles is 1. The molecule has 4 fully saturated rings. The molecule has 0 aromatic carbocycles. The summed E-state index contributed by atoms with van der Waals surface area (Å²) in [7, 11) is 0. The molecule has 5 aromatic heterocycles. The SMILES string of the molecule is N#Cc1cnn2c(-c3cc(NC4CC4)c(-c4nnc(N5CCN(CC6CCN(c7ccc([C@H]8CCC(=O)NC8=O)cn7)CC6)CC5)s4)cn3)ccc2c1. The van der Waals surface area contributed by atoms with E-state index in [4.69, 9.17) is 9.97 Å². The Bertz CT molecular complexity index is 2190. The van der Waals surface area contributed by atoms with Crippen LogP contribution in [-0.2, 0) is 9.59 Å². The van der Waals surface area contributed by atoms with Crippen molar-refractivity contribution in [3.63, 3.8) is 0 Å². The molecule has 1 atom stereocenters. The van der Waals surface area contributed by atoms with Gasteiger partial charge < -0.3 is 15.1 Å². The average molecular weight is 729 g/mol. The van der Waals surface area contributed by atoms with E-state index >= 15 is 0 Å². The van der Waals surface area contributed by atoms with Crippen LogP contribution in [0.3, 0.4) is 0 Å². The maximum Gasteiger partial charge on any atom is 0.234 e. The van der Waals surface area contributed by atoms with Crippen LogP contribution in [0.1, 0.15) is 55.6 Å². The van der Waals surface area contributed by atoms with Crippen molar-refractivity contribution in [1.82, 2.24) is 40.0 Å². The van der Waals surface area contributed by atoms with E-state index in [0.29, 0.717) is 30.4 Å². The number of nitrogens with zero attached hydrogens (tertiary/aromatic N) is 10. The third-order valence-corrected chi connectivity index (χ3v) is 11.9. The zero-order valence-corrected chi connectivity index (χ0v) is 30.1. The number of amides is 2. The summed E-state index contributed by atoms with van der Waals surface area (Å²) < 4.78 is 1.82. The molecule has 270 valence electrons. The number of fused-ring (bicyclic) bond motifs is 1. The fourth-order valence-electron chi connectivity index (χ4n) is 7.67. The molecule has 0 bridgehead atoms. The summed E-state index contributed by atoms with van der Waals surface area (Å²) in [5.74, 6) is 0.883. The summed E-state index contributed by atoms with van der Waals surface area (Å²) in [4.78, 5) is 40.6. The molecular weight excluding hydrogens is 689 g/mol. The van der Waals surface area contributed by atoms with E-state index in [1.54, 1.807) is 23.7 Å². The number of piperidine rings is 2. The number of anilines is 3. The molecule has 1 saturated carbocycles. The Morgan fingerprint density at radius 1 is 0.887 bits per heavy atom. The molecule has 9 rings (SSSR count). The summed E-state index contributed by atoms with van der Waals surface area (Å²) in [6.07, 6.45) is 10.7. The Morgan fingerprint density at radius 2 is 1.74 bits per heavy atom. The number of hydrogen-bond acceptors (Lipinski definition) is 13. The van der Waals surface area contributed by atoms with Crippen LogP contribution in [0.2, 0.25) is 0 Å². The Morgan fingerprint density at radius 3 is 2.49 bits per heavy atom. The van der Waals surface area contributed by atoms with Crippen molar-refractivity contribution in [2.24, 2.45) is 5.92 Å². The van der Waals surface area contributed by atoms with Crippen LogP contribution < -0.4 is 20.4 Å². The van der Waals surface area contributed by atoms with Crippen molar-refractivity contribution >= 4 is 45.3 Å². The minimum Gasteiger partial charge on any atom is -0.382 e. The van der Waals surface area contributed by atoms with E-state index in [1.165, 1.54) is 0 Å². The predicted octanol–water partition coefficient (Wildman–Crippen LogP) is 4.31. The number of aromatic nitrogens is 6. The first-order valence-electron chi connectivity index (χ1n) is 18.5. The van der Waals surface area contributed by atoms with Gasteiger partial charge in [-0.2, -0.15) is 10.4 Å². The highest BCUT2D eigenvalue weighted by Gasteiger charge is 2.30. The monoisotopic (exact) mass is 728 g/mol. The van der Waals surface area contributed by atoms with Gasteiger partial charge in [0.2, 0.25) is 16.9 Å². The number of rotatable bonds is 9. The molecule has 3 saturated heterocycles. The number of carbonyl (C=O) groups excluding carboxylic acids is 2. The van der Waals surface area contributed by atoms with Crippen molar-refractivity contribution in [2.45, 2.75) is 50.5 Å². The van der Waals surface area contributed by atoms with E-state index < -0.39 is 0 Å². The second-order valence-corrected chi connectivity index (χ2v) is 15.5. The minimum atomic E-state index is -0.302. The largest absolute Gasteiger partial charge is 0.382 e. The Hall–Kier alpha value is -5.46. The molecule has 2 N–H and O–H groups in total. The molecule has 4 aliphatic rings. The second-order valence-electron chi connectivity index (χ2n) is 14.5. The van der Waals surface area contributed by atoms with E-state index in [9.17, 15) is 14.9 Å². The first-order chi connectivity index (χ1) is 26.0. The van der Waals surface area contributed by atoms with Gasteiger partial charge in [0.15, 0.2) is 5.01 Å². The molecule has 0 radical (unpaired) electrons. The van der Waals surface area contributed by atoms with Gasteiger partial charge >= 0.3 is 0 Å². The fourth-order valence-corrected chi connectivity index (χ4v) is 8.59. The molecule has 3 aliphatic heterocycles. The van der Waals surface area contributed by atoms with Gasteiger partial charge in [0, 0.05) is 76.4 Å². The van der Waals surface area contributed by atoms with Crippen molar-refractivity contribution in [3.8, 4) is 28.0 Å².